The Morgan fingerprint density at radius 2 is 1.62 bits per heavy atom. The van der Waals surface area contributed by atoms with Crippen molar-refractivity contribution < 1.29 is 14.3 Å². The lowest BCUT2D eigenvalue weighted by Crippen LogP contribution is -2.40. The first kappa shape index (κ1) is 14.9. The summed E-state index contributed by atoms with van der Waals surface area (Å²) < 4.78 is 6.17. The summed E-state index contributed by atoms with van der Waals surface area (Å²) in [7, 11) is 1.57. The van der Waals surface area contributed by atoms with Gasteiger partial charge in [-0.25, -0.2) is 4.90 Å². The predicted molar refractivity (Wildman–Crippen MR) is 95.8 cm³/mol. The molecule has 3 aromatic rings. The van der Waals surface area contributed by atoms with Crippen molar-refractivity contribution in [1.82, 2.24) is 0 Å². The van der Waals surface area contributed by atoms with E-state index >= 15 is 0 Å². The van der Waals surface area contributed by atoms with Crippen molar-refractivity contribution >= 4 is 44.2 Å². The molecule has 24 heavy (non-hydrogen) atoms. The Morgan fingerprint density at radius 1 is 0.917 bits per heavy atom. The molecule has 1 aliphatic heterocycles. The van der Waals surface area contributed by atoms with E-state index in [2.05, 4.69) is 15.9 Å². The van der Waals surface area contributed by atoms with E-state index < -0.39 is 0 Å². The summed E-state index contributed by atoms with van der Waals surface area (Å²) in [6.07, 6.45) is 0. The van der Waals surface area contributed by atoms with Gasteiger partial charge in [-0.15, -0.1) is 0 Å². The smallest absolute Gasteiger partial charge is 0.265 e. The Labute approximate surface area is 146 Å². The molecule has 2 amide bonds. The van der Waals surface area contributed by atoms with Crippen LogP contribution in [0.25, 0.3) is 10.8 Å². The number of amides is 2. The van der Waals surface area contributed by atoms with Gasteiger partial charge in [0.1, 0.15) is 5.75 Å². The standard InChI is InChI=1S/C19H12BrNO3/c1-24-16-9-8-15-17-13(16)6-3-7-14(17)18(22)21(19(15)23)12-5-2-4-11(20)10-12/h2-10H,1H3. The van der Waals surface area contributed by atoms with Crippen LogP contribution < -0.4 is 9.64 Å². The minimum Gasteiger partial charge on any atom is -0.496 e. The van der Waals surface area contributed by atoms with Crippen molar-refractivity contribution in [2.75, 3.05) is 12.0 Å². The topological polar surface area (TPSA) is 46.6 Å². The molecule has 0 spiro atoms. The van der Waals surface area contributed by atoms with Crippen molar-refractivity contribution in [1.29, 1.82) is 0 Å². The predicted octanol–water partition coefficient (Wildman–Crippen LogP) is 4.41. The fraction of sp³-hybridized carbons (Fsp3) is 0.0526. The van der Waals surface area contributed by atoms with E-state index in [9.17, 15) is 9.59 Å². The lowest BCUT2D eigenvalue weighted by Gasteiger charge is -2.27. The summed E-state index contributed by atoms with van der Waals surface area (Å²) in [6.45, 7) is 0. The van der Waals surface area contributed by atoms with Crippen molar-refractivity contribution in [2.24, 2.45) is 0 Å². The highest BCUT2D eigenvalue weighted by molar-refractivity contribution is 9.10. The van der Waals surface area contributed by atoms with Gasteiger partial charge in [-0.2, -0.15) is 0 Å². The number of ether oxygens (including phenoxy) is 1. The molecule has 1 aliphatic rings. The van der Waals surface area contributed by atoms with E-state index in [-0.39, 0.29) is 11.8 Å². The monoisotopic (exact) mass is 381 g/mol. The van der Waals surface area contributed by atoms with Gasteiger partial charge >= 0.3 is 0 Å². The van der Waals surface area contributed by atoms with Crippen molar-refractivity contribution in [2.45, 2.75) is 0 Å². The first-order chi connectivity index (χ1) is 11.6. The molecule has 0 radical (unpaired) electrons. The maximum Gasteiger partial charge on any atom is 0.265 e. The highest BCUT2D eigenvalue weighted by Gasteiger charge is 2.34. The summed E-state index contributed by atoms with van der Waals surface area (Å²) in [5.74, 6) is -0.0130. The van der Waals surface area contributed by atoms with Gasteiger partial charge in [-0.1, -0.05) is 34.1 Å². The first-order valence-corrected chi connectivity index (χ1v) is 8.15. The number of carbonyl (C=O) groups excluding carboxylic acids is 2. The Hall–Kier alpha value is -2.66. The summed E-state index contributed by atoms with van der Waals surface area (Å²) in [5, 5.41) is 1.42. The van der Waals surface area contributed by atoms with Crippen molar-refractivity contribution in [3.05, 3.63) is 70.2 Å². The van der Waals surface area contributed by atoms with Crippen LogP contribution in [-0.2, 0) is 0 Å². The lowest BCUT2D eigenvalue weighted by molar-refractivity contribution is 0.0893. The maximum atomic E-state index is 13.0. The summed E-state index contributed by atoms with van der Waals surface area (Å²) in [4.78, 5) is 27.2. The van der Waals surface area contributed by atoms with Gasteiger partial charge < -0.3 is 4.74 Å². The molecule has 0 aromatic heterocycles. The van der Waals surface area contributed by atoms with Crippen LogP contribution in [0, 0.1) is 0 Å². The molecule has 0 saturated heterocycles. The molecule has 1 heterocycles. The second kappa shape index (κ2) is 5.46. The summed E-state index contributed by atoms with van der Waals surface area (Å²) in [6, 6.07) is 16.0. The van der Waals surface area contributed by atoms with Crippen LogP contribution in [0.4, 0.5) is 5.69 Å². The molecule has 4 nitrogen and oxygen atoms in total. The molecule has 0 unspecified atom stereocenters. The van der Waals surface area contributed by atoms with Gasteiger partial charge in [-0.3, -0.25) is 9.59 Å². The van der Waals surface area contributed by atoms with Crippen LogP contribution >= 0.6 is 15.9 Å². The largest absolute Gasteiger partial charge is 0.496 e. The van der Waals surface area contributed by atoms with Crippen LogP contribution in [0.15, 0.2) is 59.1 Å². The quantitative estimate of drug-likeness (QED) is 0.617. The van der Waals surface area contributed by atoms with E-state index in [0.29, 0.717) is 28.0 Å². The zero-order valence-corrected chi connectivity index (χ0v) is 14.3. The Morgan fingerprint density at radius 3 is 2.33 bits per heavy atom. The lowest BCUT2D eigenvalue weighted by atomic mass is 9.93. The molecule has 0 saturated carbocycles. The number of methoxy groups -OCH3 is 1. The second-order valence-corrected chi connectivity index (χ2v) is 6.38. The maximum absolute atomic E-state index is 13.0. The zero-order chi connectivity index (χ0) is 16.8. The average molecular weight is 382 g/mol. The van der Waals surface area contributed by atoms with Crippen LogP contribution in [-0.4, -0.2) is 18.9 Å². The van der Waals surface area contributed by atoms with Crippen LogP contribution in [0.2, 0.25) is 0 Å². The number of carbonyl (C=O) groups is 2. The molecule has 3 aromatic carbocycles. The molecule has 0 atom stereocenters. The van der Waals surface area contributed by atoms with Crippen LogP contribution in [0.1, 0.15) is 20.7 Å². The molecular formula is C19H12BrNO3. The van der Waals surface area contributed by atoms with E-state index in [1.54, 1.807) is 49.6 Å². The van der Waals surface area contributed by atoms with Crippen molar-refractivity contribution in [3.8, 4) is 5.75 Å². The van der Waals surface area contributed by atoms with Gasteiger partial charge in [0.2, 0.25) is 0 Å². The highest BCUT2D eigenvalue weighted by atomic mass is 79.9. The number of imide groups is 1. The average Bonchev–Trinajstić information content (AvgIpc) is 2.59. The summed E-state index contributed by atoms with van der Waals surface area (Å²) in [5.41, 5.74) is 1.54. The number of halogens is 1. The molecule has 0 aliphatic carbocycles. The SMILES string of the molecule is COc1ccc2c3c(cccc13)C(=O)N(c1cccc(Br)c1)C2=O. The van der Waals surface area contributed by atoms with E-state index in [0.717, 1.165) is 9.86 Å². The van der Waals surface area contributed by atoms with Gasteiger partial charge in [0.25, 0.3) is 11.8 Å². The number of hydrogen-bond acceptors (Lipinski definition) is 3. The molecule has 4 rings (SSSR count). The number of nitrogens with zero attached hydrogens (tertiary/aromatic N) is 1. The van der Waals surface area contributed by atoms with Gasteiger partial charge in [0, 0.05) is 26.4 Å². The fourth-order valence-corrected chi connectivity index (χ4v) is 3.48. The van der Waals surface area contributed by atoms with Crippen molar-refractivity contribution in [3.63, 3.8) is 0 Å². The van der Waals surface area contributed by atoms with Gasteiger partial charge in [0.15, 0.2) is 0 Å². The first-order valence-electron chi connectivity index (χ1n) is 7.36. The normalized spacial score (nSPS) is 13.5. The van der Waals surface area contributed by atoms with E-state index in [1.165, 1.54) is 4.90 Å². The third-order valence-electron chi connectivity index (χ3n) is 4.15. The van der Waals surface area contributed by atoms with Gasteiger partial charge in [0.05, 0.1) is 12.8 Å². The minimum atomic E-state index is -0.329. The Bertz CT molecular complexity index is 990. The molecule has 0 fully saturated rings. The third kappa shape index (κ3) is 2.05. The highest BCUT2D eigenvalue weighted by Crippen LogP contribution is 2.37. The molecule has 5 heteroatoms. The minimum absolute atomic E-state index is 0.329. The Balaban J connectivity index is 2.00. The second-order valence-electron chi connectivity index (χ2n) is 5.47. The molecule has 118 valence electrons. The number of anilines is 1. The Kier molecular flexibility index (Phi) is 3.39. The third-order valence-corrected chi connectivity index (χ3v) is 4.65. The molecule has 0 bridgehead atoms. The fourth-order valence-electron chi connectivity index (χ4n) is 3.10. The van der Waals surface area contributed by atoms with Gasteiger partial charge in [-0.05, 0) is 36.4 Å². The van der Waals surface area contributed by atoms with Crippen LogP contribution in [0.3, 0.4) is 0 Å². The number of benzene rings is 3. The van der Waals surface area contributed by atoms with Crippen LogP contribution in [0.5, 0.6) is 5.75 Å². The number of hydrogen-bond donors (Lipinski definition) is 0. The van der Waals surface area contributed by atoms with E-state index in [4.69, 9.17) is 4.74 Å². The zero-order valence-electron chi connectivity index (χ0n) is 12.7. The summed E-state index contributed by atoms with van der Waals surface area (Å²) >= 11 is 3.38. The molecule has 0 N–H and O–H groups in total. The van der Waals surface area contributed by atoms with E-state index in [1.807, 2.05) is 12.1 Å². The number of rotatable bonds is 2. The molecular weight excluding hydrogens is 370 g/mol.